The van der Waals surface area contributed by atoms with Crippen LogP contribution in [0.2, 0.25) is 0 Å². The minimum absolute atomic E-state index is 0.124. The van der Waals surface area contributed by atoms with Gasteiger partial charge >= 0.3 is 6.18 Å². The van der Waals surface area contributed by atoms with Crippen molar-refractivity contribution in [3.8, 4) is 5.75 Å². The third kappa shape index (κ3) is 3.75. The van der Waals surface area contributed by atoms with Crippen molar-refractivity contribution in [2.75, 3.05) is 20.3 Å². The highest BCUT2D eigenvalue weighted by Gasteiger charge is 2.27. The molecule has 0 radical (unpaired) electrons. The second-order valence-corrected chi connectivity index (χ2v) is 4.43. The van der Waals surface area contributed by atoms with E-state index in [-0.39, 0.29) is 18.8 Å². The Balaban J connectivity index is 2.06. The molecule has 4 nitrogen and oxygen atoms in total. The first-order valence-electron chi connectivity index (χ1n) is 6.24. The molecule has 0 aliphatic rings. The monoisotopic (exact) mass is 301 g/mol. The van der Waals surface area contributed by atoms with E-state index >= 15 is 0 Å². The van der Waals surface area contributed by atoms with Crippen LogP contribution < -0.4 is 4.74 Å². The van der Waals surface area contributed by atoms with Crippen LogP contribution in [0.1, 0.15) is 16.8 Å². The summed E-state index contributed by atoms with van der Waals surface area (Å²) < 4.78 is 45.4. The van der Waals surface area contributed by atoms with E-state index in [0.717, 1.165) is 5.52 Å². The average molecular weight is 301 g/mol. The number of fused-ring (bicyclic) bond motifs is 1. The largest absolute Gasteiger partial charge is 0.496 e. The van der Waals surface area contributed by atoms with Gasteiger partial charge in [0.2, 0.25) is 0 Å². The van der Waals surface area contributed by atoms with E-state index in [0.29, 0.717) is 16.7 Å². The number of rotatable bonds is 6. The van der Waals surface area contributed by atoms with Crippen molar-refractivity contribution in [1.82, 2.24) is 4.98 Å². The first-order chi connectivity index (χ1) is 9.92. The van der Waals surface area contributed by atoms with Gasteiger partial charge in [-0.1, -0.05) is 6.07 Å². The summed E-state index contributed by atoms with van der Waals surface area (Å²) in [7, 11) is 1.49. The standard InChI is InChI=1S/C14H14F3NO3/c1-20-12-4-2-3-10-13(12)9(7-18-10)11(19)5-6-21-8-14(15,16)17/h2-4,7,18H,5-6,8H2,1H3. The van der Waals surface area contributed by atoms with Crippen LogP contribution in [0.15, 0.2) is 24.4 Å². The van der Waals surface area contributed by atoms with E-state index in [1.54, 1.807) is 18.2 Å². The van der Waals surface area contributed by atoms with Crippen LogP contribution in [0, 0.1) is 0 Å². The van der Waals surface area contributed by atoms with E-state index < -0.39 is 12.8 Å². The molecule has 0 saturated heterocycles. The molecule has 0 bridgehead atoms. The summed E-state index contributed by atoms with van der Waals surface area (Å²) in [5.74, 6) is 0.237. The number of carbonyl (C=O) groups excluding carboxylic acids is 1. The number of H-pyrrole nitrogens is 1. The highest BCUT2D eigenvalue weighted by molar-refractivity contribution is 6.10. The van der Waals surface area contributed by atoms with E-state index in [4.69, 9.17) is 4.74 Å². The van der Waals surface area contributed by atoms with Gasteiger partial charge in [0.25, 0.3) is 0 Å². The molecule has 1 aromatic heterocycles. The lowest BCUT2D eigenvalue weighted by Gasteiger charge is -2.07. The van der Waals surface area contributed by atoms with Crippen LogP contribution >= 0.6 is 0 Å². The number of hydrogen-bond acceptors (Lipinski definition) is 3. The molecular weight excluding hydrogens is 287 g/mol. The lowest BCUT2D eigenvalue weighted by molar-refractivity contribution is -0.173. The molecule has 114 valence electrons. The fraction of sp³-hybridized carbons (Fsp3) is 0.357. The van der Waals surface area contributed by atoms with Gasteiger partial charge in [0, 0.05) is 23.7 Å². The van der Waals surface area contributed by atoms with Crippen molar-refractivity contribution in [1.29, 1.82) is 0 Å². The minimum Gasteiger partial charge on any atom is -0.496 e. The summed E-state index contributed by atoms with van der Waals surface area (Å²) in [5, 5.41) is 0.626. The van der Waals surface area contributed by atoms with Crippen molar-refractivity contribution < 1.29 is 27.4 Å². The number of alkyl halides is 3. The lowest BCUT2D eigenvalue weighted by Crippen LogP contribution is -2.18. The van der Waals surface area contributed by atoms with Gasteiger partial charge in [-0.25, -0.2) is 0 Å². The Bertz CT molecular complexity index is 634. The number of Topliss-reactive ketones (excluding diaryl/α,β-unsaturated/α-hetero) is 1. The first-order valence-corrected chi connectivity index (χ1v) is 6.24. The minimum atomic E-state index is -4.38. The fourth-order valence-corrected chi connectivity index (χ4v) is 2.03. The Morgan fingerprint density at radius 3 is 2.76 bits per heavy atom. The molecule has 21 heavy (non-hydrogen) atoms. The maximum Gasteiger partial charge on any atom is 0.411 e. The lowest BCUT2D eigenvalue weighted by atomic mass is 10.1. The number of ether oxygens (including phenoxy) is 2. The van der Waals surface area contributed by atoms with Gasteiger partial charge in [0.05, 0.1) is 19.1 Å². The average Bonchev–Trinajstić information content (AvgIpc) is 2.86. The number of methoxy groups -OCH3 is 1. The van der Waals surface area contributed by atoms with Gasteiger partial charge in [-0.2, -0.15) is 13.2 Å². The Labute approximate surface area is 118 Å². The summed E-state index contributed by atoms with van der Waals surface area (Å²) >= 11 is 0. The van der Waals surface area contributed by atoms with Crippen LogP contribution in [-0.2, 0) is 4.74 Å². The quantitative estimate of drug-likeness (QED) is 0.657. The van der Waals surface area contributed by atoms with Crippen molar-refractivity contribution in [2.24, 2.45) is 0 Å². The van der Waals surface area contributed by atoms with E-state index in [1.165, 1.54) is 13.3 Å². The smallest absolute Gasteiger partial charge is 0.411 e. The number of nitrogens with one attached hydrogen (secondary N) is 1. The summed E-state index contributed by atoms with van der Waals surface area (Å²) in [6.07, 6.45) is -2.98. The fourth-order valence-electron chi connectivity index (χ4n) is 2.03. The zero-order valence-electron chi connectivity index (χ0n) is 11.3. The van der Waals surface area contributed by atoms with Crippen LogP contribution in [-0.4, -0.2) is 37.3 Å². The Morgan fingerprint density at radius 2 is 2.10 bits per heavy atom. The van der Waals surface area contributed by atoms with Crippen LogP contribution in [0.4, 0.5) is 13.2 Å². The number of hydrogen-bond donors (Lipinski definition) is 1. The molecule has 7 heteroatoms. The molecular formula is C14H14F3NO3. The molecule has 0 fully saturated rings. The van der Waals surface area contributed by atoms with Crippen molar-refractivity contribution in [2.45, 2.75) is 12.6 Å². The van der Waals surface area contributed by atoms with Crippen LogP contribution in [0.3, 0.4) is 0 Å². The molecule has 0 aliphatic carbocycles. The molecule has 0 spiro atoms. The van der Waals surface area contributed by atoms with E-state index in [2.05, 4.69) is 9.72 Å². The second kappa shape index (κ2) is 6.17. The van der Waals surface area contributed by atoms with Crippen LogP contribution in [0.25, 0.3) is 10.9 Å². The third-order valence-electron chi connectivity index (χ3n) is 2.93. The number of benzene rings is 1. The Hall–Kier alpha value is -2.02. The van der Waals surface area contributed by atoms with Gasteiger partial charge in [0.1, 0.15) is 12.4 Å². The van der Waals surface area contributed by atoms with Gasteiger partial charge in [-0.3, -0.25) is 4.79 Å². The van der Waals surface area contributed by atoms with Crippen molar-refractivity contribution in [3.63, 3.8) is 0 Å². The Kier molecular flexibility index (Phi) is 4.52. The second-order valence-electron chi connectivity index (χ2n) is 4.43. The predicted octanol–water partition coefficient (Wildman–Crippen LogP) is 3.33. The van der Waals surface area contributed by atoms with Crippen LogP contribution in [0.5, 0.6) is 5.75 Å². The maximum absolute atomic E-state index is 12.1. The molecule has 0 unspecified atom stereocenters. The molecule has 0 aliphatic heterocycles. The molecule has 1 N–H and O–H groups in total. The highest BCUT2D eigenvalue weighted by Crippen LogP contribution is 2.29. The van der Waals surface area contributed by atoms with Crippen molar-refractivity contribution >= 4 is 16.7 Å². The van der Waals surface area contributed by atoms with Gasteiger partial charge in [-0.05, 0) is 12.1 Å². The number of ketones is 1. The molecule has 2 aromatic rings. The third-order valence-corrected chi connectivity index (χ3v) is 2.93. The summed E-state index contributed by atoms with van der Waals surface area (Å²) in [4.78, 5) is 15.0. The maximum atomic E-state index is 12.1. The zero-order chi connectivity index (χ0) is 15.5. The van der Waals surface area contributed by atoms with Gasteiger partial charge in [0.15, 0.2) is 5.78 Å². The normalized spacial score (nSPS) is 11.8. The Morgan fingerprint density at radius 1 is 1.33 bits per heavy atom. The molecule has 0 amide bonds. The van der Waals surface area contributed by atoms with Gasteiger partial charge < -0.3 is 14.5 Å². The number of aromatic amines is 1. The summed E-state index contributed by atoms with van der Waals surface area (Å²) in [6.45, 7) is -1.63. The zero-order valence-corrected chi connectivity index (χ0v) is 11.3. The molecule has 0 saturated carbocycles. The predicted molar refractivity (Wildman–Crippen MR) is 70.7 cm³/mol. The molecule has 1 heterocycles. The van der Waals surface area contributed by atoms with Crippen molar-refractivity contribution in [3.05, 3.63) is 30.0 Å². The van der Waals surface area contributed by atoms with E-state index in [1.807, 2.05) is 0 Å². The molecule has 0 atom stereocenters. The number of aromatic nitrogens is 1. The molecule has 1 aromatic carbocycles. The summed E-state index contributed by atoms with van der Waals surface area (Å²) in [5.41, 5.74) is 1.12. The summed E-state index contributed by atoms with van der Waals surface area (Å²) in [6, 6.07) is 5.28. The van der Waals surface area contributed by atoms with E-state index in [9.17, 15) is 18.0 Å². The number of carbonyl (C=O) groups is 1. The van der Waals surface area contributed by atoms with Gasteiger partial charge in [-0.15, -0.1) is 0 Å². The first kappa shape index (κ1) is 15.4. The SMILES string of the molecule is COc1cccc2[nH]cc(C(=O)CCOCC(F)(F)F)c12. The topological polar surface area (TPSA) is 51.3 Å². The molecule has 2 rings (SSSR count). The number of halogens is 3. The highest BCUT2D eigenvalue weighted by atomic mass is 19.4.